The normalized spacial score (nSPS) is 16.2. The summed E-state index contributed by atoms with van der Waals surface area (Å²) in [6.45, 7) is 17.9. The number of benzene rings is 1. The van der Waals surface area contributed by atoms with Gasteiger partial charge in [0, 0.05) is 31.8 Å². The van der Waals surface area contributed by atoms with Gasteiger partial charge in [0.25, 0.3) is 5.91 Å². The average Bonchev–Trinajstić information content (AvgIpc) is 2.97. The fourth-order valence-corrected chi connectivity index (χ4v) is 5.69. The maximum atomic E-state index is 13.7. The third-order valence-corrected chi connectivity index (χ3v) is 13.1. The van der Waals surface area contributed by atoms with Crippen molar-refractivity contribution in [2.24, 2.45) is 0 Å². The van der Waals surface area contributed by atoms with Crippen molar-refractivity contribution in [1.29, 1.82) is 0 Å². The van der Waals surface area contributed by atoms with E-state index in [1.807, 2.05) is 18.7 Å². The summed E-state index contributed by atoms with van der Waals surface area (Å²) in [5, 5.41) is 15.3. The molecule has 11 nitrogen and oxygen atoms in total. The molecule has 1 atom stereocenters. The molecule has 0 bridgehead atoms. The smallest absolute Gasteiger partial charge is 0.254 e. The summed E-state index contributed by atoms with van der Waals surface area (Å²) in [5.74, 6) is 0.0658. The van der Waals surface area contributed by atoms with Gasteiger partial charge in [-0.25, -0.2) is 14.4 Å². The first-order valence-corrected chi connectivity index (χ1v) is 17.9. The van der Waals surface area contributed by atoms with Gasteiger partial charge in [-0.05, 0) is 63.2 Å². The van der Waals surface area contributed by atoms with Crippen molar-refractivity contribution in [2.75, 3.05) is 25.0 Å². The van der Waals surface area contributed by atoms with Gasteiger partial charge >= 0.3 is 0 Å². The van der Waals surface area contributed by atoms with Crippen molar-refractivity contribution in [1.82, 2.24) is 19.8 Å². The minimum absolute atomic E-state index is 0.00884. The number of halogens is 1. The molecule has 1 unspecified atom stereocenters. The van der Waals surface area contributed by atoms with E-state index in [1.54, 1.807) is 24.0 Å². The third kappa shape index (κ3) is 8.21. The highest BCUT2D eigenvalue weighted by Crippen LogP contribution is 2.37. The number of ether oxygens (including phenoxy) is 1. The van der Waals surface area contributed by atoms with E-state index < -0.39 is 19.9 Å². The summed E-state index contributed by atoms with van der Waals surface area (Å²) < 4.78 is 25.7. The second-order valence-corrected chi connectivity index (χ2v) is 18.3. The van der Waals surface area contributed by atoms with E-state index in [4.69, 9.17) is 9.16 Å². The van der Waals surface area contributed by atoms with E-state index in [2.05, 4.69) is 49.1 Å². The Kier molecular flexibility index (Phi) is 9.95. The Bertz CT molecular complexity index is 1510. The molecule has 1 fully saturated rings. The zero-order valence-electron chi connectivity index (χ0n) is 27.3. The number of anilines is 1. The van der Waals surface area contributed by atoms with Gasteiger partial charge in [0.05, 0.1) is 29.5 Å². The van der Waals surface area contributed by atoms with Gasteiger partial charge in [-0.15, -0.1) is 0 Å². The van der Waals surface area contributed by atoms with Gasteiger partial charge < -0.3 is 24.6 Å². The number of aromatic nitrogens is 3. The van der Waals surface area contributed by atoms with Crippen LogP contribution in [0.5, 0.6) is 11.6 Å². The van der Waals surface area contributed by atoms with Crippen LogP contribution < -0.4 is 14.8 Å². The van der Waals surface area contributed by atoms with E-state index >= 15 is 0 Å². The van der Waals surface area contributed by atoms with Crippen LogP contribution in [0.3, 0.4) is 0 Å². The van der Waals surface area contributed by atoms with Gasteiger partial charge in [-0.3, -0.25) is 14.5 Å². The maximum Gasteiger partial charge on any atom is 0.254 e. The highest BCUT2D eigenvalue weighted by atomic mass is 28.4. The quantitative estimate of drug-likeness (QED) is 0.195. The molecule has 4 rings (SSSR count). The first-order chi connectivity index (χ1) is 21.0. The number of carbonyl (C=O) groups is 2. The molecule has 0 radical (unpaired) electrons. The van der Waals surface area contributed by atoms with E-state index in [9.17, 15) is 19.2 Å². The topological polar surface area (TPSA) is 124 Å². The second-order valence-electron chi connectivity index (χ2n) is 13.5. The number of piperazine rings is 1. The lowest BCUT2D eigenvalue weighted by molar-refractivity contribution is -0.616. The molecule has 13 heteroatoms. The molecule has 1 saturated heterocycles. The van der Waals surface area contributed by atoms with Crippen LogP contribution in [0.4, 0.5) is 10.2 Å². The minimum Gasteiger partial charge on any atom is -0.618 e. The van der Waals surface area contributed by atoms with Crippen molar-refractivity contribution in [2.45, 2.75) is 77.9 Å². The number of nitrogens with one attached hydrogen (secondary N) is 1. The highest BCUT2D eigenvalue weighted by Gasteiger charge is 2.41. The molecule has 2 aromatic heterocycles. The summed E-state index contributed by atoms with van der Waals surface area (Å²) in [6, 6.07) is 8.18. The van der Waals surface area contributed by atoms with Crippen LogP contribution in [-0.2, 0) is 15.8 Å². The fourth-order valence-electron chi connectivity index (χ4n) is 4.75. The first kappa shape index (κ1) is 33.9. The molecule has 1 aliphatic rings. The Labute approximate surface area is 265 Å². The van der Waals surface area contributed by atoms with E-state index in [0.717, 1.165) is 4.73 Å². The van der Waals surface area contributed by atoms with Crippen LogP contribution in [0.2, 0.25) is 18.1 Å². The molecular weight excluding hydrogens is 595 g/mol. The molecule has 3 heterocycles. The Balaban J connectivity index is 1.36. The molecule has 0 saturated carbocycles. The van der Waals surface area contributed by atoms with Crippen LogP contribution in [0.15, 0.2) is 55.0 Å². The van der Waals surface area contributed by atoms with Crippen molar-refractivity contribution < 1.29 is 27.9 Å². The van der Waals surface area contributed by atoms with Crippen molar-refractivity contribution in [3.63, 3.8) is 0 Å². The molecule has 0 spiro atoms. The lowest BCUT2D eigenvalue weighted by atomic mass is 9.96. The predicted octanol–water partition coefficient (Wildman–Crippen LogP) is 5.13. The fraction of sp³-hybridized carbons (Fsp3) is 0.469. The monoisotopic (exact) mass is 638 g/mol. The number of pyridine rings is 1. The molecule has 0 aliphatic carbocycles. The van der Waals surface area contributed by atoms with Crippen LogP contribution in [0.25, 0.3) is 0 Å². The summed E-state index contributed by atoms with van der Waals surface area (Å²) in [5.41, 5.74) is 0.226. The second kappa shape index (κ2) is 13.2. The summed E-state index contributed by atoms with van der Waals surface area (Å²) in [6.07, 6.45) is 4.12. The molecule has 45 heavy (non-hydrogen) atoms. The largest absolute Gasteiger partial charge is 0.618 e. The lowest BCUT2D eigenvalue weighted by Gasteiger charge is -2.48. The van der Waals surface area contributed by atoms with Gasteiger partial charge in [-0.1, -0.05) is 20.8 Å². The van der Waals surface area contributed by atoms with Gasteiger partial charge in [-0.2, -0.15) is 4.73 Å². The van der Waals surface area contributed by atoms with Crippen LogP contribution in [0.1, 0.15) is 57.6 Å². The minimum atomic E-state index is -2.09. The zero-order chi connectivity index (χ0) is 33.2. The van der Waals surface area contributed by atoms with Crippen molar-refractivity contribution in [3.8, 4) is 11.6 Å². The van der Waals surface area contributed by atoms with E-state index in [0.29, 0.717) is 36.6 Å². The van der Waals surface area contributed by atoms with Crippen LogP contribution in [-0.4, -0.2) is 71.1 Å². The molecule has 3 aromatic rings. The Morgan fingerprint density at radius 1 is 1.13 bits per heavy atom. The van der Waals surface area contributed by atoms with Crippen molar-refractivity contribution >= 4 is 25.9 Å². The van der Waals surface area contributed by atoms with Crippen LogP contribution >= 0.6 is 0 Å². The molecule has 1 aliphatic heterocycles. The summed E-state index contributed by atoms with van der Waals surface area (Å²) in [4.78, 5) is 39.0. The van der Waals surface area contributed by atoms with E-state index in [1.165, 1.54) is 42.9 Å². The summed E-state index contributed by atoms with van der Waals surface area (Å²) in [7, 11) is -2.09. The number of hydrogen-bond donors (Lipinski definition) is 1. The van der Waals surface area contributed by atoms with Crippen molar-refractivity contribution in [3.05, 3.63) is 77.3 Å². The van der Waals surface area contributed by atoms with Gasteiger partial charge in [0.15, 0.2) is 20.3 Å². The molecule has 1 aromatic carbocycles. The summed E-state index contributed by atoms with van der Waals surface area (Å²) >= 11 is 0. The molecule has 2 amide bonds. The Hall–Kier alpha value is -3.94. The van der Waals surface area contributed by atoms with Gasteiger partial charge in [0.1, 0.15) is 18.2 Å². The van der Waals surface area contributed by atoms with Crippen LogP contribution in [0, 0.1) is 11.0 Å². The van der Waals surface area contributed by atoms with E-state index in [-0.39, 0.29) is 41.0 Å². The predicted molar refractivity (Wildman–Crippen MR) is 171 cm³/mol. The maximum absolute atomic E-state index is 13.7. The Morgan fingerprint density at radius 3 is 2.42 bits per heavy atom. The molecule has 242 valence electrons. The Morgan fingerprint density at radius 2 is 1.82 bits per heavy atom. The lowest BCUT2D eigenvalue weighted by Crippen LogP contribution is -2.63. The molecular formula is C32H43FN6O5Si. The highest BCUT2D eigenvalue weighted by molar-refractivity contribution is 6.74. The SMILES string of the molecule is CC(C(=O)Nc1cnc(Oc2ccc(F)cc2)cn1)N1CCN(C(=O)c2cc[n+]([O-])c(CO[Si](C)(C)C(C)(C)C)c2)C(C)(C)C1. The zero-order valence-corrected chi connectivity index (χ0v) is 28.3. The standard InChI is InChI=1S/C32H43FN6O5Si/c1-22(29(40)36-27-18-35-28(19-34-27)44-26-11-9-24(33)10-12-26)37-15-16-38(32(5,6)21-37)30(41)23-13-14-39(42)25(17-23)20-43-45(7,8)31(2,3)4/h9-14,17-19,22H,15-16,20-21H2,1-8H3,(H,34,36,40). The third-order valence-electron chi connectivity index (χ3n) is 8.65. The van der Waals surface area contributed by atoms with Gasteiger partial charge in [0.2, 0.25) is 17.5 Å². The number of hydrogen-bond acceptors (Lipinski definition) is 8. The molecule has 1 N–H and O–H groups in total. The number of rotatable bonds is 9. The number of carbonyl (C=O) groups excluding carboxylic acids is 2. The number of nitrogens with zero attached hydrogens (tertiary/aromatic N) is 5. The number of amides is 2. The average molecular weight is 639 g/mol. The first-order valence-electron chi connectivity index (χ1n) is 15.0.